The van der Waals surface area contributed by atoms with Gasteiger partial charge in [-0.05, 0) is 10.8 Å². The second-order valence-electron chi connectivity index (χ2n) is 8.39. The van der Waals surface area contributed by atoms with Crippen molar-refractivity contribution in [2.45, 2.75) is 65.3 Å². The van der Waals surface area contributed by atoms with E-state index in [9.17, 15) is 19.5 Å². The smallest absolute Gasteiger partial charge is 0.284 e. The number of hydrogen-bond donors (Lipinski definition) is 1. The Hall–Kier alpha value is -1.69. The molecule has 1 unspecified atom stereocenters. The van der Waals surface area contributed by atoms with Crippen molar-refractivity contribution >= 4 is 17.3 Å². The number of ketones is 3. The number of hydrogen-bond acceptors (Lipinski definition) is 6. The molecule has 0 saturated heterocycles. The van der Waals surface area contributed by atoms with Gasteiger partial charge in [0, 0.05) is 25.7 Å². The summed E-state index contributed by atoms with van der Waals surface area (Å²) in [5, 5.41) is 10.7. The first-order valence-corrected chi connectivity index (χ1v) is 7.83. The third kappa shape index (κ3) is 2.49. The highest BCUT2D eigenvalue weighted by molar-refractivity contribution is 6.13. The van der Waals surface area contributed by atoms with Gasteiger partial charge in [-0.25, -0.2) is 0 Å². The summed E-state index contributed by atoms with van der Waals surface area (Å²) in [6.45, 7) is 7.46. The molecule has 1 atom stereocenters. The molecule has 0 bridgehead atoms. The minimum Gasteiger partial charge on any atom is -0.451 e. The lowest BCUT2D eigenvalue weighted by Crippen LogP contribution is -2.61. The predicted molar refractivity (Wildman–Crippen MR) is 79.0 cm³/mol. The van der Waals surface area contributed by atoms with E-state index >= 15 is 0 Å². The van der Waals surface area contributed by atoms with Gasteiger partial charge in [-0.2, -0.15) is 0 Å². The summed E-state index contributed by atoms with van der Waals surface area (Å²) in [6, 6.07) is 0. The lowest BCUT2D eigenvalue weighted by atomic mass is 9.69. The van der Waals surface area contributed by atoms with E-state index in [1.54, 1.807) is 13.8 Å². The molecule has 0 aromatic carbocycles. The molecule has 3 aliphatic rings. The Kier molecular flexibility index (Phi) is 3.28. The first-order chi connectivity index (χ1) is 10.4. The van der Waals surface area contributed by atoms with E-state index in [1.165, 1.54) is 0 Å². The van der Waals surface area contributed by atoms with Crippen LogP contribution in [0.25, 0.3) is 0 Å². The Balaban J connectivity index is 1.87. The molecule has 1 aliphatic heterocycles. The van der Waals surface area contributed by atoms with Crippen LogP contribution in [0.1, 0.15) is 53.4 Å². The zero-order valence-electron chi connectivity index (χ0n) is 13.9. The van der Waals surface area contributed by atoms with Crippen LogP contribution in [-0.4, -0.2) is 34.3 Å². The fourth-order valence-corrected chi connectivity index (χ4v) is 3.53. The minimum atomic E-state index is -2.34. The summed E-state index contributed by atoms with van der Waals surface area (Å²) in [7, 11) is 0. The first-order valence-electron chi connectivity index (χ1n) is 7.83. The molecular weight excluding hydrogens is 300 g/mol. The van der Waals surface area contributed by atoms with Gasteiger partial charge in [0.15, 0.2) is 11.6 Å². The minimum absolute atomic E-state index is 0.0492. The van der Waals surface area contributed by atoms with Crippen molar-refractivity contribution in [3.63, 3.8) is 0 Å². The molecule has 6 nitrogen and oxygen atoms in total. The van der Waals surface area contributed by atoms with Crippen molar-refractivity contribution in [3.8, 4) is 0 Å². The molecule has 3 rings (SSSR count). The Morgan fingerprint density at radius 1 is 0.870 bits per heavy atom. The van der Waals surface area contributed by atoms with Crippen LogP contribution in [0.4, 0.5) is 0 Å². The van der Waals surface area contributed by atoms with E-state index in [-0.39, 0.29) is 29.8 Å². The third-order valence-corrected chi connectivity index (χ3v) is 4.73. The van der Waals surface area contributed by atoms with Gasteiger partial charge >= 0.3 is 0 Å². The number of allylic oxidation sites excluding steroid dienone is 2. The normalized spacial score (nSPS) is 31.5. The molecule has 1 saturated carbocycles. The van der Waals surface area contributed by atoms with Crippen molar-refractivity contribution < 1.29 is 29.0 Å². The maximum Gasteiger partial charge on any atom is 0.284 e. The van der Waals surface area contributed by atoms with Gasteiger partial charge in [0.2, 0.25) is 11.5 Å². The molecule has 0 aromatic heterocycles. The number of carbonyl (C=O) groups is 3. The number of aliphatic hydroxyl groups is 1. The zero-order chi connectivity index (χ0) is 17.2. The average molecular weight is 322 g/mol. The predicted octanol–water partition coefficient (Wildman–Crippen LogP) is 1.65. The standard InChI is InChI=1S/C17H22O6/c1-15(2)5-9(18)13-10(6-15)22-14(23-13)17(21)11(19)7-16(3,4)8-12(17)20/h14,21H,5-8H2,1-4H3. The lowest BCUT2D eigenvalue weighted by Gasteiger charge is -2.38. The highest BCUT2D eigenvalue weighted by atomic mass is 16.7. The summed E-state index contributed by atoms with van der Waals surface area (Å²) >= 11 is 0. The van der Waals surface area contributed by atoms with Crippen LogP contribution >= 0.6 is 0 Å². The van der Waals surface area contributed by atoms with Crippen LogP contribution in [0.3, 0.4) is 0 Å². The van der Waals surface area contributed by atoms with Crippen molar-refractivity contribution in [3.05, 3.63) is 11.5 Å². The molecule has 0 spiro atoms. The summed E-state index contributed by atoms with van der Waals surface area (Å²) in [5.74, 6) is -1.08. The lowest BCUT2D eigenvalue weighted by molar-refractivity contribution is -0.199. The first kappa shape index (κ1) is 16.2. The molecule has 0 amide bonds. The highest BCUT2D eigenvalue weighted by Crippen LogP contribution is 2.46. The molecule has 0 aromatic rings. The summed E-state index contributed by atoms with van der Waals surface area (Å²) in [5.41, 5.74) is -3.11. The Morgan fingerprint density at radius 3 is 1.96 bits per heavy atom. The Morgan fingerprint density at radius 2 is 1.39 bits per heavy atom. The maximum atomic E-state index is 12.4. The summed E-state index contributed by atoms with van der Waals surface area (Å²) < 4.78 is 11.0. The summed E-state index contributed by atoms with van der Waals surface area (Å²) in [4.78, 5) is 37.0. The van der Waals surface area contributed by atoms with Crippen LogP contribution in [-0.2, 0) is 23.9 Å². The number of Topliss-reactive ketones (excluding diaryl/α,β-unsaturated/α-hetero) is 3. The van der Waals surface area contributed by atoms with Gasteiger partial charge in [-0.3, -0.25) is 14.4 Å². The highest BCUT2D eigenvalue weighted by Gasteiger charge is 2.61. The number of rotatable bonds is 1. The van der Waals surface area contributed by atoms with E-state index in [4.69, 9.17) is 9.47 Å². The van der Waals surface area contributed by atoms with E-state index in [0.717, 1.165) is 0 Å². The van der Waals surface area contributed by atoms with Gasteiger partial charge in [-0.15, -0.1) is 0 Å². The molecule has 0 radical (unpaired) electrons. The van der Waals surface area contributed by atoms with E-state index < -0.39 is 28.9 Å². The van der Waals surface area contributed by atoms with Crippen LogP contribution in [0.2, 0.25) is 0 Å². The van der Waals surface area contributed by atoms with E-state index in [0.29, 0.717) is 18.6 Å². The van der Waals surface area contributed by atoms with Crippen molar-refractivity contribution in [1.82, 2.24) is 0 Å². The molecule has 1 N–H and O–H groups in total. The molecule has 6 heteroatoms. The molecule has 1 heterocycles. The van der Waals surface area contributed by atoms with E-state index in [2.05, 4.69) is 0 Å². The SMILES string of the molecule is CC1(C)CC(=O)C(O)(C2OC3=C(O2)C(=O)CC(C)(C)C3)C(=O)C1. The second kappa shape index (κ2) is 4.66. The van der Waals surface area contributed by atoms with Crippen LogP contribution in [0.15, 0.2) is 11.5 Å². The molecule has 126 valence electrons. The van der Waals surface area contributed by atoms with Crippen LogP contribution in [0.5, 0.6) is 0 Å². The van der Waals surface area contributed by atoms with Crippen LogP contribution in [0, 0.1) is 10.8 Å². The second-order valence-corrected chi connectivity index (χ2v) is 8.39. The zero-order valence-corrected chi connectivity index (χ0v) is 13.9. The Labute approximate surface area is 134 Å². The number of ether oxygens (including phenoxy) is 2. The average Bonchev–Trinajstić information content (AvgIpc) is 2.77. The molecule has 2 aliphatic carbocycles. The molecular formula is C17H22O6. The third-order valence-electron chi connectivity index (χ3n) is 4.73. The van der Waals surface area contributed by atoms with Gasteiger partial charge in [0.1, 0.15) is 5.76 Å². The maximum absolute atomic E-state index is 12.4. The van der Waals surface area contributed by atoms with Crippen LogP contribution < -0.4 is 0 Å². The van der Waals surface area contributed by atoms with Gasteiger partial charge in [0.25, 0.3) is 11.9 Å². The fourth-order valence-electron chi connectivity index (χ4n) is 3.53. The largest absolute Gasteiger partial charge is 0.451 e. The van der Waals surface area contributed by atoms with Gasteiger partial charge < -0.3 is 14.6 Å². The van der Waals surface area contributed by atoms with E-state index in [1.807, 2.05) is 13.8 Å². The molecule has 23 heavy (non-hydrogen) atoms. The topological polar surface area (TPSA) is 89.9 Å². The fraction of sp³-hybridized carbons (Fsp3) is 0.706. The van der Waals surface area contributed by atoms with Crippen molar-refractivity contribution in [1.29, 1.82) is 0 Å². The van der Waals surface area contributed by atoms with Gasteiger partial charge in [0.05, 0.1) is 0 Å². The monoisotopic (exact) mass is 322 g/mol. The summed E-state index contributed by atoms with van der Waals surface area (Å²) in [6.07, 6.45) is -0.573. The van der Waals surface area contributed by atoms with Crippen molar-refractivity contribution in [2.24, 2.45) is 10.8 Å². The quantitative estimate of drug-likeness (QED) is 0.738. The number of carbonyl (C=O) groups excluding carboxylic acids is 3. The Bertz CT molecular complexity index is 619. The van der Waals surface area contributed by atoms with Crippen molar-refractivity contribution in [2.75, 3.05) is 0 Å². The van der Waals surface area contributed by atoms with Gasteiger partial charge in [-0.1, -0.05) is 27.7 Å². The molecule has 1 fully saturated rings.